The zero-order chi connectivity index (χ0) is 12.7. The van der Waals surface area contributed by atoms with Gasteiger partial charge >= 0.3 is 0 Å². The highest BCUT2D eigenvalue weighted by Crippen LogP contribution is 2.40. The molecule has 0 radical (unpaired) electrons. The van der Waals surface area contributed by atoms with Gasteiger partial charge in [0, 0.05) is 19.0 Å². The van der Waals surface area contributed by atoms with Crippen molar-refractivity contribution < 1.29 is 4.79 Å². The Kier molecular flexibility index (Phi) is 3.06. The molecule has 3 nitrogen and oxygen atoms in total. The van der Waals surface area contributed by atoms with Crippen molar-refractivity contribution in [2.75, 3.05) is 23.7 Å². The Morgan fingerprint density at radius 2 is 2.22 bits per heavy atom. The van der Waals surface area contributed by atoms with E-state index >= 15 is 0 Å². The van der Waals surface area contributed by atoms with Crippen molar-refractivity contribution in [3.63, 3.8) is 0 Å². The third-order valence-electron chi connectivity index (χ3n) is 3.89. The van der Waals surface area contributed by atoms with E-state index in [1.165, 1.54) is 17.8 Å². The average Bonchev–Trinajstić information content (AvgIpc) is 3.12. The molecule has 1 aliphatic carbocycles. The van der Waals surface area contributed by atoms with Gasteiger partial charge in [-0.15, -0.1) is 11.3 Å². The lowest BCUT2D eigenvalue weighted by Gasteiger charge is -2.31. The second-order valence-electron chi connectivity index (χ2n) is 5.70. The maximum atomic E-state index is 12.1. The summed E-state index contributed by atoms with van der Waals surface area (Å²) in [6.07, 6.45) is 4.65. The standard InChI is InChI=1S/C14H20N2OS/c1-9-3-2-6-16(8-9)12-7-11(15)14(18-12)13(17)10-4-5-10/h7,9-10H,2-6,8,15H2,1H3. The molecule has 1 saturated carbocycles. The molecule has 1 aliphatic heterocycles. The molecule has 1 aromatic rings. The van der Waals surface area contributed by atoms with Crippen LogP contribution in [0.1, 0.15) is 42.3 Å². The Morgan fingerprint density at radius 3 is 2.89 bits per heavy atom. The highest BCUT2D eigenvalue weighted by molar-refractivity contribution is 7.18. The Morgan fingerprint density at radius 1 is 1.44 bits per heavy atom. The number of piperidine rings is 1. The van der Waals surface area contributed by atoms with Gasteiger partial charge in [0.15, 0.2) is 5.78 Å². The molecule has 4 heteroatoms. The van der Waals surface area contributed by atoms with Gasteiger partial charge in [0.1, 0.15) is 0 Å². The summed E-state index contributed by atoms with van der Waals surface area (Å²) in [5, 5.41) is 1.18. The first-order valence-electron chi connectivity index (χ1n) is 6.83. The molecule has 1 atom stereocenters. The molecule has 1 saturated heterocycles. The zero-order valence-electron chi connectivity index (χ0n) is 10.8. The molecule has 2 N–H and O–H groups in total. The molecule has 0 amide bonds. The fourth-order valence-corrected chi connectivity index (χ4v) is 3.79. The number of carbonyl (C=O) groups is 1. The normalized spacial score (nSPS) is 24.3. The number of ketones is 1. The number of anilines is 2. The third-order valence-corrected chi connectivity index (χ3v) is 5.11. The molecular weight excluding hydrogens is 244 g/mol. The summed E-state index contributed by atoms with van der Waals surface area (Å²) >= 11 is 1.60. The van der Waals surface area contributed by atoms with Crippen LogP contribution in [0.4, 0.5) is 10.7 Å². The van der Waals surface area contributed by atoms with Crippen molar-refractivity contribution in [1.29, 1.82) is 0 Å². The van der Waals surface area contributed by atoms with Crippen LogP contribution in [0.3, 0.4) is 0 Å². The fraction of sp³-hybridized carbons (Fsp3) is 0.643. The number of carbonyl (C=O) groups excluding carboxylic acids is 1. The van der Waals surface area contributed by atoms with E-state index in [2.05, 4.69) is 11.8 Å². The maximum absolute atomic E-state index is 12.1. The zero-order valence-corrected chi connectivity index (χ0v) is 11.6. The number of hydrogen-bond acceptors (Lipinski definition) is 4. The van der Waals surface area contributed by atoms with Crippen molar-refractivity contribution in [1.82, 2.24) is 0 Å². The summed E-state index contributed by atoms with van der Waals surface area (Å²) in [5.41, 5.74) is 6.70. The summed E-state index contributed by atoms with van der Waals surface area (Å²) in [4.78, 5) is 15.3. The van der Waals surface area contributed by atoms with Gasteiger partial charge in [-0.2, -0.15) is 0 Å². The number of rotatable bonds is 3. The molecule has 0 bridgehead atoms. The van der Waals surface area contributed by atoms with Crippen molar-refractivity contribution in [2.24, 2.45) is 11.8 Å². The van der Waals surface area contributed by atoms with Gasteiger partial charge in [0.25, 0.3) is 0 Å². The van der Waals surface area contributed by atoms with E-state index in [1.54, 1.807) is 11.3 Å². The summed E-state index contributed by atoms with van der Waals surface area (Å²) < 4.78 is 0. The number of Topliss-reactive ketones (excluding diaryl/α,β-unsaturated/α-hetero) is 1. The molecular formula is C14H20N2OS. The van der Waals surface area contributed by atoms with Gasteiger partial charge in [-0.3, -0.25) is 4.79 Å². The molecule has 18 heavy (non-hydrogen) atoms. The van der Waals surface area contributed by atoms with E-state index in [0.717, 1.165) is 36.7 Å². The smallest absolute Gasteiger partial charge is 0.178 e. The molecule has 2 aliphatic rings. The number of nitrogen functional groups attached to an aromatic ring is 1. The first kappa shape index (κ1) is 12.0. The highest BCUT2D eigenvalue weighted by Gasteiger charge is 2.33. The fourth-order valence-electron chi connectivity index (χ4n) is 2.66. The van der Waals surface area contributed by atoms with Gasteiger partial charge in [-0.05, 0) is 37.7 Å². The van der Waals surface area contributed by atoms with Crippen molar-refractivity contribution in [3.05, 3.63) is 10.9 Å². The molecule has 0 aromatic carbocycles. The van der Waals surface area contributed by atoms with Crippen molar-refractivity contribution in [3.8, 4) is 0 Å². The first-order valence-corrected chi connectivity index (χ1v) is 7.65. The Bertz CT molecular complexity index is 464. The van der Waals surface area contributed by atoms with Crippen LogP contribution in [-0.4, -0.2) is 18.9 Å². The molecule has 0 spiro atoms. The minimum absolute atomic E-state index is 0.263. The lowest BCUT2D eigenvalue weighted by Crippen LogP contribution is -2.33. The van der Waals surface area contributed by atoms with E-state index < -0.39 is 0 Å². The molecule has 98 valence electrons. The highest BCUT2D eigenvalue weighted by atomic mass is 32.1. The van der Waals surface area contributed by atoms with Crippen LogP contribution in [0, 0.1) is 11.8 Å². The van der Waals surface area contributed by atoms with Gasteiger partial charge in [0.2, 0.25) is 0 Å². The Balaban J connectivity index is 1.80. The second kappa shape index (κ2) is 4.57. The van der Waals surface area contributed by atoms with Crippen molar-refractivity contribution in [2.45, 2.75) is 32.6 Å². The van der Waals surface area contributed by atoms with Crippen molar-refractivity contribution >= 4 is 27.8 Å². The van der Waals surface area contributed by atoms with Crippen LogP contribution >= 0.6 is 11.3 Å². The number of nitrogens with two attached hydrogens (primary N) is 1. The Hall–Kier alpha value is -1.03. The molecule has 3 rings (SSSR count). The summed E-state index contributed by atoms with van der Waals surface area (Å²) in [6, 6.07) is 2.00. The summed E-state index contributed by atoms with van der Waals surface area (Å²) in [5.74, 6) is 1.28. The first-order chi connectivity index (χ1) is 8.65. The largest absolute Gasteiger partial charge is 0.397 e. The SMILES string of the molecule is CC1CCCN(c2cc(N)c(C(=O)C3CC3)s2)C1. The number of hydrogen-bond donors (Lipinski definition) is 1. The number of nitrogens with zero attached hydrogens (tertiary/aromatic N) is 1. The molecule has 1 unspecified atom stereocenters. The van der Waals surface area contributed by atoms with E-state index in [1.807, 2.05) is 6.07 Å². The molecule has 2 fully saturated rings. The third kappa shape index (κ3) is 2.26. The monoisotopic (exact) mass is 264 g/mol. The van der Waals surface area contributed by atoms with E-state index in [4.69, 9.17) is 5.73 Å². The minimum Gasteiger partial charge on any atom is -0.397 e. The predicted octanol–water partition coefficient (Wildman–Crippen LogP) is 3.16. The molecule has 1 aromatic heterocycles. The van der Waals surface area contributed by atoms with Crippen LogP contribution in [0.2, 0.25) is 0 Å². The molecule has 2 heterocycles. The maximum Gasteiger partial charge on any atom is 0.178 e. The van der Waals surface area contributed by atoms with Gasteiger partial charge < -0.3 is 10.6 Å². The summed E-state index contributed by atoms with van der Waals surface area (Å²) in [6.45, 7) is 4.48. The van der Waals surface area contributed by atoms with Crippen LogP contribution in [0.5, 0.6) is 0 Å². The van der Waals surface area contributed by atoms with Crippen LogP contribution in [-0.2, 0) is 0 Å². The van der Waals surface area contributed by atoms with Crippen LogP contribution in [0.15, 0.2) is 6.07 Å². The van der Waals surface area contributed by atoms with Gasteiger partial charge in [0.05, 0.1) is 15.6 Å². The Labute approximate surface area is 112 Å². The average molecular weight is 264 g/mol. The van der Waals surface area contributed by atoms with Crippen LogP contribution in [0.25, 0.3) is 0 Å². The van der Waals surface area contributed by atoms with E-state index in [0.29, 0.717) is 5.69 Å². The minimum atomic E-state index is 0.263. The lowest BCUT2D eigenvalue weighted by atomic mass is 10.0. The lowest BCUT2D eigenvalue weighted by molar-refractivity contribution is 0.0972. The predicted molar refractivity (Wildman–Crippen MR) is 76.4 cm³/mol. The van der Waals surface area contributed by atoms with Gasteiger partial charge in [-0.25, -0.2) is 0 Å². The van der Waals surface area contributed by atoms with Crippen LogP contribution < -0.4 is 10.6 Å². The quantitative estimate of drug-likeness (QED) is 0.853. The number of thiophene rings is 1. The van der Waals surface area contributed by atoms with E-state index in [9.17, 15) is 4.79 Å². The second-order valence-corrected chi connectivity index (χ2v) is 6.73. The van der Waals surface area contributed by atoms with E-state index in [-0.39, 0.29) is 11.7 Å². The summed E-state index contributed by atoms with van der Waals surface area (Å²) in [7, 11) is 0. The van der Waals surface area contributed by atoms with Gasteiger partial charge in [-0.1, -0.05) is 6.92 Å². The topological polar surface area (TPSA) is 46.3 Å².